The Morgan fingerprint density at radius 2 is 1.39 bits per heavy atom. The molecule has 0 amide bonds. The Morgan fingerprint density at radius 1 is 0.783 bits per heavy atom. The Kier molecular flexibility index (Phi) is 5.57. The van der Waals surface area contributed by atoms with Crippen molar-refractivity contribution in [2.45, 2.75) is 13.5 Å². The van der Waals surface area contributed by atoms with Crippen LogP contribution in [0.25, 0.3) is 0 Å². The Labute approximate surface area is 137 Å². The van der Waals surface area contributed by atoms with Crippen LogP contribution in [0.1, 0.15) is 11.1 Å². The molecule has 5 nitrogen and oxygen atoms in total. The first kappa shape index (κ1) is 16.8. The number of nitrogens with one attached hydrogen (secondary N) is 1. The zero-order valence-corrected chi connectivity index (χ0v) is 14.2. The molecular weight excluding hydrogens is 294 g/mol. The van der Waals surface area contributed by atoms with E-state index in [0.29, 0.717) is 23.8 Å². The molecule has 2 aromatic rings. The second-order valence-electron chi connectivity index (χ2n) is 5.07. The SMILES string of the molecule is COc1ccc(CNc2cc(OC)c(OC)c(OC)c2)cc1C. The lowest BCUT2D eigenvalue weighted by atomic mass is 10.1. The highest BCUT2D eigenvalue weighted by Crippen LogP contribution is 2.40. The lowest BCUT2D eigenvalue weighted by molar-refractivity contribution is 0.324. The van der Waals surface area contributed by atoms with E-state index in [1.807, 2.05) is 31.2 Å². The van der Waals surface area contributed by atoms with Gasteiger partial charge in [-0.2, -0.15) is 0 Å². The molecule has 2 rings (SSSR count). The van der Waals surface area contributed by atoms with Gasteiger partial charge in [-0.05, 0) is 24.1 Å². The highest BCUT2D eigenvalue weighted by Gasteiger charge is 2.13. The Bertz CT molecular complexity index is 645. The van der Waals surface area contributed by atoms with Crippen molar-refractivity contribution in [1.29, 1.82) is 0 Å². The predicted molar refractivity (Wildman–Crippen MR) is 91.2 cm³/mol. The average Bonchev–Trinajstić information content (AvgIpc) is 2.58. The third-order valence-corrected chi connectivity index (χ3v) is 3.62. The molecule has 0 spiro atoms. The highest BCUT2D eigenvalue weighted by molar-refractivity contribution is 5.62. The van der Waals surface area contributed by atoms with Gasteiger partial charge in [-0.1, -0.05) is 12.1 Å². The molecule has 0 aliphatic rings. The van der Waals surface area contributed by atoms with Gasteiger partial charge >= 0.3 is 0 Å². The minimum Gasteiger partial charge on any atom is -0.496 e. The van der Waals surface area contributed by atoms with Crippen LogP contribution < -0.4 is 24.3 Å². The summed E-state index contributed by atoms with van der Waals surface area (Å²) in [5.74, 6) is 2.72. The first-order valence-electron chi connectivity index (χ1n) is 7.30. The van der Waals surface area contributed by atoms with E-state index >= 15 is 0 Å². The fourth-order valence-corrected chi connectivity index (χ4v) is 2.44. The molecule has 0 heterocycles. The summed E-state index contributed by atoms with van der Waals surface area (Å²) in [5.41, 5.74) is 3.17. The van der Waals surface area contributed by atoms with Crippen LogP contribution in [-0.4, -0.2) is 28.4 Å². The molecule has 0 bridgehead atoms. The van der Waals surface area contributed by atoms with Crippen molar-refractivity contribution in [3.63, 3.8) is 0 Å². The number of aryl methyl sites for hydroxylation is 1. The number of benzene rings is 2. The maximum atomic E-state index is 5.36. The molecule has 0 atom stereocenters. The van der Waals surface area contributed by atoms with Crippen molar-refractivity contribution < 1.29 is 18.9 Å². The standard InChI is InChI=1S/C18H23NO4/c1-12-8-13(6-7-15(12)20-2)11-19-14-9-16(21-3)18(23-5)17(10-14)22-4/h6-10,19H,11H2,1-5H3. The van der Waals surface area contributed by atoms with E-state index in [-0.39, 0.29) is 0 Å². The molecule has 0 aromatic heterocycles. The lowest BCUT2D eigenvalue weighted by Gasteiger charge is -2.15. The zero-order chi connectivity index (χ0) is 16.8. The van der Waals surface area contributed by atoms with Gasteiger partial charge in [0.1, 0.15) is 5.75 Å². The minimum absolute atomic E-state index is 0.584. The van der Waals surface area contributed by atoms with E-state index in [4.69, 9.17) is 18.9 Å². The lowest BCUT2D eigenvalue weighted by Crippen LogP contribution is -2.02. The minimum atomic E-state index is 0.584. The molecule has 0 aliphatic carbocycles. The van der Waals surface area contributed by atoms with E-state index < -0.39 is 0 Å². The number of methoxy groups -OCH3 is 4. The van der Waals surface area contributed by atoms with Gasteiger partial charge in [-0.25, -0.2) is 0 Å². The van der Waals surface area contributed by atoms with E-state index in [9.17, 15) is 0 Å². The molecule has 5 heteroatoms. The summed E-state index contributed by atoms with van der Waals surface area (Å²) in [5, 5.41) is 3.37. The normalized spacial score (nSPS) is 10.1. The molecule has 23 heavy (non-hydrogen) atoms. The van der Waals surface area contributed by atoms with Gasteiger partial charge in [0.2, 0.25) is 5.75 Å². The molecule has 124 valence electrons. The van der Waals surface area contributed by atoms with Crippen LogP contribution in [0.4, 0.5) is 5.69 Å². The van der Waals surface area contributed by atoms with Crippen LogP contribution in [0.15, 0.2) is 30.3 Å². The van der Waals surface area contributed by atoms with Gasteiger partial charge in [0.15, 0.2) is 11.5 Å². The largest absolute Gasteiger partial charge is 0.496 e. The molecule has 1 N–H and O–H groups in total. The van der Waals surface area contributed by atoms with Crippen LogP contribution in [0, 0.1) is 6.92 Å². The first-order valence-corrected chi connectivity index (χ1v) is 7.30. The maximum Gasteiger partial charge on any atom is 0.203 e. The van der Waals surface area contributed by atoms with Gasteiger partial charge in [-0.15, -0.1) is 0 Å². The van der Waals surface area contributed by atoms with Gasteiger partial charge in [0, 0.05) is 24.4 Å². The fraction of sp³-hybridized carbons (Fsp3) is 0.333. The van der Waals surface area contributed by atoms with Crippen LogP contribution in [0.5, 0.6) is 23.0 Å². The summed E-state index contributed by atoms with van der Waals surface area (Å²) in [4.78, 5) is 0. The highest BCUT2D eigenvalue weighted by atomic mass is 16.5. The molecule has 0 saturated heterocycles. The maximum absolute atomic E-state index is 5.36. The van der Waals surface area contributed by atoms with E-state index in [1.54, 1.807) is 28.4 Å². The second kappa shape index (κ2) is 7.63. The van der Waals surface area contributed by atoms with Crippen molar-refractivity contribution in [2.24, 2.45) is 0 Å². The number of hydrogen-bond acceptors (Lipinski definition) is 5. The van der Waals surface area contributed by atoms with E-state index in [2.05, 4.69) is 11.4 Å². The van der Waals surface area contributed by atoms with Crippen LogP contribution in [-0.2, 0) is 6.54 Å². The van der Waals surface area contributed by atoms with Crippen LogP contribution in [0.2, 0.25) is 0 Å². The zero-order valence-electron chi connectivity index (χ0n) is 14.2. The topological polar surface area (TPSA) is 49.0 Å². The number of rotatable bonds is 7. The molecular formula is C18H23NO4. The second-order valence-corrected chi connectivity index (χ2v) is 5.07. The molecule has 2 aromatic carbocycles. The van der Waals surface area contributed by atoms with Crippen molar-refractivity contribution in [3.8, 4) is 23.0 Å². The summed E-state index contributed by atoms with van der Waals surface area (Å²) >= 11 is 0. The molecule has 0 saturated carbocycles. The first-order chi connectivity index (χ1) is 11.1. The van der Waals surface area contributed by atoms with E-state index in [1.165, 1.54) is 0 Å². The Balaban J connectivity index is 2.18. The summed E-state index contributed by atoms with van der Waals surface area (Å²) in [6.07, 6.45) is 0. The summed E-state index contributed by atoms with van der Waals surface area (Å²) in [6.45, 7) is 2.71. The Morgan fingerprint density at radius 3 is 1.87 bits per heavy atom. The Hall–Kier alpha value is -2.56. The van der Waals surface area contributed by atoms with Crippen molar-refractivity contribution in [1.82, 2.24) is 0 Å². The van der Waals surface area contributed by atoms with Gasteiger partial charge in [0.25, 0.3) is 0 Å². The van der Waals surface area contributed by atoms with Gasteiger partial charge in [0.05, 0.1) is 28.4 Å². The van der Waals surface area contributed by atoms with E-state index in [0.717, 1.165) is 22.6 Å². The number of hydrogen-bond donors (Lipinski definition) is 1. The van der Waals surface area contributed by atoms with Crippen molar-refractivity contribution >= 4 is 5.69 Å². The van der Waals surface area contributed by atoms with Crippen molar-refractivity contribution in [2.75, 3.05) is 33.8 Å². The molecule has 0 unspecified atom stereocenters. The number of anilines is 1. The average molecular weight is 317 g/mol. The fourth-order valence-electron chi connectivity index (χ4n) is 2.44. The quantitative estimate of drug-likeness (QED) is 0.845. The third-order valence-electron chi connectivity index (χ3n) is 3.62. The van der Waals surface area contributed by atoms with Gasteiger partial charge in [-0.3, -0.25) is 0 Å². The third kappa shape index (κ3) is 3.80. The van der Waals surface area contributed by atoms with Crippen molar-refractivity contribution in [3.05, 3.63) is 41.5 Å². The summed E-state index contributed by atoms with van der Waals surface area (Å²) in [7, 11) is 6.48. The molecule has 0 fully saturated rings. The van der Waals surface area contributed by atoms with Gasteiger partial charge < -0.3 is 24.3 Å². The predicted octanol–water partition coefficient (Wildman–Crippen LogP) is 3.64. The molecule has 0 aliphatic heterocycles. The smallest absolute Gasteiger partial charge is 0.203 e. The van der Waals surface area contributed by atoms with Crippen LogP contribution in [0.3, 0.4) is 0 Å². The molecule has 0 radical (unpaired) electrons. The summed E-state index contributed by atoms with van der Waals surface area (Å²) < 4.78 is 21.3. The summed E-state index contributed by atoms with van der Waals surface area (Å²) in [6, 6.07) is 9.89. The monoisotopic (exact) mass is 317 g/mol. The number of ether oxygens (including phenoxy) is 4. The van der Waals surface area contributed by atoms with Crippen LogP contribution >= 0.6 is 0 Å².